The maximum atomic E-state index is 14.4. The molecule has 1 saturated heterocycles. The zero-order valence-electron chi connectivity index (χ0n) is 15.8. The van der Waals surface area contributed by atoms with Crippen molar-refractivity contribution in [3.8, 4) is 0 Å². The lowest BCUT2D eigenvalue weighted by atomic mass is 10.2. The van der Waals surface area contributed by atoms with E-state index in [1.165, 1.54) is 40.6 Å². The highest BCUT2D eigenvalue weighted by molar-refractivity contribution is 7.81. The minimum absolute atomic E-state index is 0.0729. The van der Waals surface area contributed by atoms with Crippen LogP contribution in [0.1, 0.15) is 5.56 Å². The average molecular weight is 452 g/mol. The number of carbonyl (C=O) groups is 1. The topological polar surface area (TPSA) is 81.6 Å². The van der Waals surface area contributed by atoms with Gasteiger partial charge in [-0.2, -0.15) is 12.6 Å². The summed E-state index contributed by atoms with van der Waals surface area (Å²) in [5.74, 6) is -0.660. The van der Waals surface area contributed by atoms with Crippen LogP contribution in [0, 0.1) is 11.6 Å². The third-order valence-corrected chi connectivity index (χ3v) is 6.15. The fourth-order valence-electron chi connectivity index (χ4n) is 3.28. The van der Waals surface area contributed by atoms with Crippen LogP contribution in [0.5, 0.6) is 0 Å². The van der Waals surface area contributed by atoms with Crippen molar-refractivity contribution in [3.63, 3.8) is 0 Å². The molecule has 0 radical (unpaired) electrons. The summed E-state index contributed by atoms with van der Waals surface area (Å²) in [5.41, 5.74) is 1.10. The van der Waals surface area contributed by atoms with Crippen LogP contribution in [0.2, 0.25) is 0 Å². The number of pyridine rings is 1. The zero-order valence-corrected chi connectivity index (χ0v) is 17.5. The molecule has 1 aliphatic heterocycles. The Hall–Kier alpha value is -2.50. The first-order valence-corrected chi connectivity index (χ1v) is 10.6. The van der Waals surface area contributed by atoms with Crippen LogP contribution in [0.15, 0.2) is 30.5 Å². The Labute approximate surface area is 180 Å². The highest BCUT2D eigenvalue weighted by Crippen LogP contribution is 2.28. The fourth-order valence-corrected chi connectivity index (χ4v) is 4.53. The van der Waals surface area contributed by atoms with Crippen LogP contribution in [-0.4, -0.2) is 57.6 Å². The number of aliphatic hydroxyl groups is 1. The van der Waals surface area contributed by atoms with E-state index in [1.807, 2.05) is 0 Å². The molecule has 0 saturated carbocycles. The SMILES string of the molecule is O=C(Nc1nc2cc(F)ccc2s1)N1CCN(c2ncc(CCO)cc2F)C[C@@H]1S. The Kier molecular flexibility index (Phi) is 6.02. The van der Waals surface area contributed by atoms with Gasteiger partial charge in [0.05, 0.1) is 15.6 Å². The molecule has 3 heterocycles. The molecule has 2 N–H and O–H groups in total. The number of halogens is 2. The molecule has 30 heavy (non-hydrogen) atoms. The van der Waals surface area contributed by atoms with E-state index in [2.05, 4.69) is 27.9 Å². The number of rotatable bonds is 4. The summed E-state index contributed by atoms with van der Waals surface area (Å²) < 4.78 is 28.5. The largest absolute Gasteiger partial charge is 0.396 e. The van der Waals surface area contributed by atoms with Crippen molar-refractivity contribution in [3.05, 3.63) is 47.7 Å². The van der Waals surface area contributed by atoms with E-state index in [1.54, 1.807) is 11.0 Å². The number of piperazine rings is 1. The lowest BCUT2D eigenvalue weighted by molar-refractivity contribution is 0.202. The van der Waals surface area contributed by atoms with Crippen LogP contribution in [-0.2, 0) is 6.42 Å². The zero-order chi connectivity index (χ0) is 21.3. The van der Waals surface area contributed by atoms with Crippen molar-refractivity contribution in [1.82, 2.24) is 14.9 Å². The average Bonchev–Trinajstić information content (AvgIpc) is 3.09. The first-order chi connectivity index (χ1) is 14.4. The number of hydrogen-bond donors (Lipinski definition) is 3. The second-order valence-corrected chi connectivity index (χ2v) is 8.43. The summed E-state index contributed by atoms with van der Waals surface area (Å²) in [6.45, 7) is 0.930. The van der Waals surface area contributed by atoms with E-state index in [-0.39, 0.29) is 24.3 Å². The Bertz CT molecular complexity index is 1080. The molecular formula is C19H19F2N5O2S2. The van der Waals surface area contributed by atoms with Gasteiger partial charge >= 0.3 is 6.03 Å². The molecule has 1 aliphatic rings. The van der Waals surface area contributed by atoms with E-state index in [4.69, 9.17) is 5.11 Å². The molecular weight excluding hydrogens is 432 g/mol. The lowest BCUT2D eigenvalue weighted by Gasteiger charge is -2.39. The van der Waals surface area contributed by atoms with Gasteiger partial charge < -0.3 is 14.9 Å². The van der Waals surface area contributed by atoms with Crippen molar-refractivity contribution >= 4 is 51.2 Å². The van der Waals surface area contributed by atoms with Gasteiger partial charge in [0.2, 0.25) is 0 Å². The van der Waals surface area contributed by atoms with Gasteiger partial charge in [-0.05, 0) is 30.2 Å². The van der Waals surface area contributed by atoms with E-state index in [0.717, 1.165) is 4.70 Å². The second-order valence-electron chi connectivity index (χ2n) is 6.80. The molecule has 4 rings (SSSR count). The molecule has 7 nitrogen and oxygen atoms in total. The Balaban J connectivity index is 1.41. The standard InChI is InChI=1S/C19H19F2N5O2S2/c20-12-1-2-15-14(8-12)23-18(30-15)24-19(28)26-5-4-25(10-16(26)29)17-13(21)7-11(3-6-27)9-22-17/h1-2,7-9,16,27,29H,3-6,10H2,(H,23,24,28)/t16-/m0/s1. The molecule has 1 atom stereocenters. The predicted octanol–water partition coefficient (Wildman–Crippen LogP) is 3.11. The maximum absolute atomic E-state index is 14.4. The first-order valence-electron chi connectivity index (χ1n) is 9.26. The number of hydrogen-bond acceptors (Lipinski definition) is 7. The van der Waals surface area contributed by atoms with Crippen LogP contribution in [0.25, 0.3) is 10.2 Å². The monoisotopic (exact) mass is 451 g/mol. The molecule has 0 spiro atoms. The van der Waals surface area contributed by atoms with Gasteiger partial charge in [-0.25, -0.2) is 23.5 Å². The van der Waals surface area contributed by atoms with E-state index < -0.39 is 11.2 Å². The molecule has 2 aromatic heterocycles. The summed E-state index contributed by atoms with van der Waals surface area (Å²) >= 11 is 5.75. The third kappa shape index (κ3) is 4.32. The first kappa shape index (κ1) is 20.8. The quantitative estimate of drug-likeness (QED) is 0.531. The smallest absolute Gasteiger partial charge is 0.324 e. The van der Waals surface area contributed by atoms with Gasteiger partial charge in [-0.15, -0.1) is 0 Å². The number of aromatic nitrogens is 2. The summed E-state index contributed by atoms with van der Waals surface area (Å²) in [6, 6.07) is 5.27. The van der Waals surface area contributed by atoms with Crippen LogP contribution < -0.4 is 10.2 Å². The number of aliphatic hydroxyl groups excluding tert-OH is 1. The summed E-state index contributed by atoms with van der Waals surface area (Å²) in [6.07, 6.45) is 1.88. The van der Waals surface area contributed by atoms with Gasteiger partial charge in [0.1, 0.15) is 5.82 Å². The van der Waals surface area contributed by atoms with Crippen LogP contribution in [0.4, 0.5) is 24.5 Å². The van der Waals surface area contributed by atoms with E-state index in [0.29, 0.717) is 42.3 Å². The van der Waals surface area contributed by atoms with E-state index >= 15 is 0 Å². The number of nitrogens with one attached hydrogen (secondary N) is 1. The summed E-state index contributed by atoms with van der Waals surface area (Å²) in [7, 11) is 0. The normalized spacial score (nSPS) is 16.9. The molecule has 11 heteroatoms. The minimum atomic E-state index is -0.483. The van der Waals surface area contributed by atoms with Crippen LogP contribution in [0.3, 0.4) is 0 Å². The van der Waals surface area contributed by atoms with Crippen LogP contribution >= 0.6 is 24.0 Å². The maximum Gasteiger partial charge on any atom is 0.324 e. The molecule has 2 amide bonds. The number of anilines is 2. The molecule has 0 aliphatic carbocycles. The molecule has 1 aromatic carbocycles. The molecule has 158 valence electrons. The highest BCUT2D eigenvalue weighted by Gasteiger charge is 2.30. The number of urea groups is 1. The van der Waals surface area contributed by atoms with E-state index in [9.17, 15) is 13.6 Å². The predicted molar refractivity (Wildman–Crippen MR) is 115 cm³/mol. The van der Waals surface area contributed by atoms with Crippen molar-refractivity contribution in [2.75, 3.05) is 36.5 Å². The molecule has 0 unspecified atom stereocenters. The van der Waals surface area contributed by atoms with Gasteiger partial charge in [0, 0.05) is 38.5 Å². The Morgan fingerprint density at radius 3 is 2.90 bits per heavy atom. The lowest BCUT2D eigenvalue weighted by Crippen LogP contribution is -2.54. The summed E-state index contributed by atoms with van der Waals surface area (Å²) in [4.78, 5) is 24.4. The van der Waals surface area contributed by atoms with Crippen molar-refractivity contribution in [2.45, 2.75) is 11.8 Å². The van der Waals surface area contributed by atoms with Crippen molar-refractivity contribution < 1.29 is 18.7 Å². The fraction of sp³-hybridized carbons (Fsp3) is 0.316. The molecule has 3 aromatic rings. The minimum Gasteiger partial charge on any atom is -0.396 e. The number of amides is 2. The third-order valence-electron chi connectivity index (χ3n) is 4.76. The second kappa shape index (κ2) is 8.70. The molecule has 1 fully saturated rings. The molecule has 0 bridgehead atoms. The Morgan fingerprint density at radius 2 is 2.17 bits per heavy atom. The number of carbonyl (C=O) groups excluding carboxylic acids is 1. The number of benzene rings is 1. The van der Waals surface area contributed by atoms with Crippen molar-refractivity contribution in [2.24, 2.45) is 0 Å². The Morgan fingerprint density at radius 1 is 1.33 bits per heavy atom. The number of thiol groups is 1. The summed E-state index contributed by atoms with van der Waals surface area (Å²) in [5, 5.41) is 11.6. The van der Waals surface area contributed by atoms with Gasteiger partial charge in [-0.3, -0.25) is 5.32 Å². The van der Waals surface area contributed by atoms with Gasteiger partial charge in [-0.1, -0.05) is 11.3 Å². The number of fused-ring (bicyclic) bond motifs is 1. The van der Waals surface area contributed by atoms with Gasteiger partial charge in [0.25, 0.3) is 0 Å². The number of thiazole rings is 1. The highest BCUT2D eigenvalue weighted by atomic mass is 32.1. The number of nitrogens with zero attached hydrogens (tertiary/aromatic N) is 4. The van der Waals surface area contributed by atoms with Gasteiger partial charge in [0.15, 0.2) is 16.8 Å². The van der Waals surface area contributed by atoms with Crippen molar-refractivity contribution in [1.29, 1.82) is 0 Å².